The highest BCUT2D eigenvalue weighted by atomic mass is 16.6. The Kier molecular flexibility index (Phi) is 10.9. The summed E-state index contributed by atoms with van der Waals surface area (Å²) < 4.78 is 12.8. The number of benzene rings is 1. The molecule has 0 aliphatic carbocycles. The Labute approximate surface area is 266 Å². The van der Waals surface area contributed by atoms with Gasteiger partial charge in [-0.3, -0.25) is 19.2 Å². The molecule has 3 fully saturated rings. The third-order valence-corrected chi connectivity index (χ3v) is 9.58. The van der Waals surface area contributed by atoms with Crippen molar-refractivity contribution in [2.24, 2.45) is 17.8 Å². The molecule has 45 heavy (non-hydrogen) atoms. The summed E-state index contributed by atoms with van der Waals surface area (Å²) in [6.45, 7) is 16.8. The van der Waals surface area contributed by atoms with Gasteiger partial charge in [0.15, 0.2) is 0 Å². The number of fused-ring (bicyclic) bond motifs is 1. The first kappa shape index (κ1) is 34.4. The second-order valence-electron chi connectivity index (χ2n) is 13.1. The summed E-state index contributed by atoms with van der Waals surface area (Å²) in [6.07, 6.45) is 3.58. The standard InChI is InChI=1S/C35H49N3O7/c1-8-10-16-27(40)36-23(7)30(24-14-12-11-13-15-24)44-34(43)28-26-17-18-35(45-26)29(28)32(41)38(25(20-39)21(3)4)31(35)33(42)37(19-9-2)22(5)6/h8-9,11-15,21-23,25-26,28-31,39H,1-2,10,16-20H2,3-7H3,(H,36,40)/t23-,25+,26-,28+,29+,30-,31-,35+/m1/s1. The predicted octanol–water partition coefficient (Wildman–Crippen LogP) is 3.56. The molecule has 0 radical (unpaired) electrons. The molecule has 0 saturated carbocycles. The third kappa shape index (κ3) is 6.45. The summed E-state index contributed by atoms with van der Waals surface area (Å²) in [5.74, 6) is -3.51. The van der Waals surface area contributed by atoms with E-state index in [4.69, 9.17) is 9.47 Å². The van der Waals surface area contributed by atoms with Gasteiger partial charge in [-0.25, -0.2) is 0 Å². The van der Waals surface area contributed by atoms with Crippen molar-refractivity contribution in [1.29, 1.82) is 0 Å². The summed E-state index contributed by atoms with van der Waals surface area (Å²) in [5.41, 5.74) is -0.530. The lowest BCUT2D eigenvalue weighted by molar-refractivity contribution is -0.163. The quantitative estimate of drug-likeness (QED) is 0.226. The largest absolute Gasteiger partial charge is 0.455 e. The van der Waals surface area contributed by atoms with Gasteiger partial charge in [0.1, 0.15) is 17.7 Å². The lowest BCUT2D eigenvalue weighted by atomic mass is 9.70. The molecular weight excluding hydrogens is 574 g/mol. The fourth-order valence-electron chi connectivity index (χ4n) is 7.41. The van der Waals surface area contributed by atoms with Gasteiger partial charge in [0.25, 0.3) is 0 Å². The van der Waals surface area contributed by atoms with E-state index in [9.17, 15) is 24.3 Å². The van der Waals surface area contributed by atoms with Crippen LogP contribution in [0.4, 0.5) is 0 Å². The Balaban J connectivity index is 1.70. The van der Waals surface area contributed by atoms with Crippen LogP contribution in [0.5, 0.6) is 0 Å². The van der Waals surface area contributed by atoms with Crippen LogP contribution in [0.2, 0.25) is 0 Å². The van der Waals surface area contributed by atoms with Gasteiger partial charge in [-0.1, -0.05) is 56.3 Å². The average molecular weight is 624 g/mol. The third-order valence-electron chi connectivity index (χ3n) is 9.58. The van der Waals surface area contributed by atoms with Crippen molar-refractivity contribution in [3.05, 3.63) is 61.2 Å². The molecule has 0 aromatic heterocycles. The molecule has 10 heteroatoms. The number of aliphatic hydroxyl groups is 1. The summed E-state index contributed by atoms with van der Waals surface area (Å²) in [7, 11) is 0. The van der Waals surface area contributed by atoms with Crippen LogP contribution in [0.15, 0.2) is 55.6 Å². The normalized spacial score (nSPS) is 27.2. The zero-order valence-electron chi connectivity index (χ0n) is 27.2. The maximum Gasteiger partial charge on any atom is 0.313 e. The van der Waals surface area contributed by atoms with Crippen molar-refractivity contribution in [3.63, 3.8) is 0 Å². The fraction of sp³-hybridized carbons (Fsp3) is 0.600. The van der Waals surface area contributed by atoms with Crippen LogP contribution in [-0.4, -0.2) is 87.6 Å². The summed E-state index contributed by atoms with van der Waals surface area (Å²) in [6, 6.07) is 6.78. The number of carbonyl (C=O) groups excluding carboxylic acids is 4. The highest BCUT2D eigenvalue weighted by Crippen LogP contribution is 2.59. The molecule has 3 aliphatic rings. The van der Waals surface area contributed by atoms with E-state index in [1.165, 1.54) is 4.90 Å². The number of carbonyl (C=O) groups is 4. The first-order chi connectivity index (χ1) is 21.4. The van der Waals surface area contributed by atoms with Crippen molar-refractivity contribution in [2.45, 2.75) is 102 Å². The van der Waals surface area contributed by atoms with E-state index >= 15 is 0 Å². The molecule has 1 spiro atoms. The number of nitrogens with one attached hydrogen (secondary N) is 1. The maximum atomic E-state index is 14.5. The molecule has 3 amide bonds. The summed E-state index contributed by atoms with van der Waals surface area (Å²) in [5, 5.41) is 13.4. The van der Waals surface area contributed by atoms with Gasteiger partial charge >= 0.3 is 5.97 Å². The number of ether oxygens (including phenoxy) is 2. The molecule has 2 N–H and O–H groups in total. The SMILES string of the molecule is C=CCCC(=O)N[C@H](C)[C@@H](OC(=O)[C@@H]1[C@H]2C(=O)N([C@@H](CO)C(C)C)[C@H](C(=O)N(CC=C)C(C)C)[C@]23CC[C@H]1O3)c1ccccc1. The van der Waals surface area contributed by atoms with E-state index in [2.05, 4.69) is 18.5 Å². The number of rotatable bonds is 15. The number of allylic oxidation sites excluding steroid dienone is 1. The Bertz CT molecular complexity index is 1270. The van der Waals surface area contributed by atoms with E-state index in [0.717, 1.165) is 0 Å². The van der Waals surface area contributed by atoms with Crippen LogP contribution in [0.3, 0.4) is 0 Å². The zero-order chi connectivity index (χ0) is 33.1. The maximum absolute atomic E-state index is 14.5. The number of aliphatic hydroxyl groups excluding tert-OH is 1. The molecule has 10 nitrogen and oxygen atoms in total. The second-order valence-corrected chi connectivity index (χ2v) is 13.1. The molecule has 3 saturated heterocycles. The first-order valence-corrected chi connectivity index (χ1v) is 16.1. The Morgan fingerprint density at radius 1 is 1.16 bits per heavy atom. The summed E-state index contributed by atoms with van der Waals surface area (Å²) >= 11 is 0. The minimum atomic E-state index is -1.23. The molecule has 8 atom stereocenters. The lowest BCUT2D eigenvalue weighted by Gasteiger charge is -2.41. The number of hydrogen-bond donors (Lipinski definition) is 2. The topological polar surface area (TPSA) is 125 Å². The van der Waals surface area contributed by atoms with E-state index in [0.29, 0.717) is 24.8 Å². The molecular formula is C35H49N3O7. The minimum Gasteiger partial charge on any atom is -0.455 e. The number of likely N-dealkylation sites (tertiary alicyclic amines) is 1. The highest BCUT2D eigenvalue weighted by molar-refractivity contribution is 5.98. The molecule has 0 unspecified atom stereocenters. The Morgan fingerprint density at radius 3 is 2.42 bits per heavy atom. The number of nitrogens with zero attached hydrogens (tertiary/aromatic N) is 2. The van der Waals surface area contributed by atoms with Crippen LogP contribution in [-0.2, 0) is 28.7 Å². The molecule has 4 rings (SSSR count). The molecule has 3 aliphatic heterocycles. The van der Waals surface area contributed by atoms with Gasteiger partial charge in [-0.2, -0.15) is 0 Å². The molecule has 1 aromatic rings. The van der Waals surface area contributed by atoms with Crippen molar-refractivity contribution < 1.29 is 33.8 Å². The van der Waals surface area contributed by atoms with Crippen LogP contribution in [0.1, 0.15) is 72.0 Å². The van der Waals surface area contributed by atoms with E-state index in [1.54, 1.807) is 24.0 Å². The van der Waals surface area contributed by atoms with Gasteiger partial charge in [0.2, 0.25) is 17.7 Å². The monoisotopic (exact) mass is 623 g/mol. The van der Waals surface area contributed by atoms with Gasteiger partial charge in [0, 0.05) is 19.0 Å². The zero-order valence-corrected chi connectivity index (χ0v) is 27.2. The number of amides is 3. The van der Waals surface area contributed by atoms with Gasteiger partial charge < -0.3 is 29.7 Å². The highest BCUT2D eigenvalue weighted by Gasteiger charge is 2.76. The van der Waals surface area contributed by atoms with E-state index in [-0.39, 0.29) is 49.3 Å². The fourth-order valence-corrected chi connectivity index (χ4v) is 7.41. The predicted molar refractivity (Wildman–Crippen MR) is 170 cm³/mol. The van der Waals surface area contributed by atoms with Crippen LogP contribution in [0.25, 0.3) is 0 Å². The van der Waals surface area contributed by atoms with Gasteiger partial charge in [-0.05, 0) is 51.5 Å². The minimum absolute atomic E-state index is 0.160. The van der Waals surface area contributed by atoms with Gasteiger partial charge in [0.05, 0.1) is 36.6 Å². The summed E-state index contributed by atoms with van der Waals surface area (Å²) in [4.78, 5) is 58.8. The Morgan fingerprint density at radius 2 is 1.84 bits per heavy atom. The number of esters is 1. The molecule has 1 aromatic carbocycles. The van der Waals surface area contributed by atoms with Gasteiger partial charge in [-0.15, -0.1) is 13.2 Å². The average Bonchev–Trinajstić information content (AvgIpc) is 3.65. The first-order valence-electron chi connectivity index (χ1n) is 16.1. The van der Waals surface area contributed by atoms with Crippen molar-refractivity contribution in [2.75, 3.05) is 13.2 Å². The second kappa shape index (κ2) is 14.3. The van der Waals surface area contributed by atoms with Crippen LogP contribution >= 0.6 is 0 Å². The molecule has 246 valence electrons. The van der Waals surface area contributed by atoms with Crippen molar-refractivity contribution >= 4 is 23.7 Å². The van der Waals surface area contributed by atoms with Crippen molar-refractivity contribution in [3.8, 4) is 0 Å². The van der Waals surface area contributed by atoms with E-state index < -0.39 is 53.7 Å². The Hall–Kier alpha value is -3.50. The van der Waals surface area contributed by atoms with Crippen molar-refractivity contribution in [1.82, 2.24) is 15.1 Å². The van der Waals surface area contributed by atoms with Crippen LogP contribution < -0.4 is 5.32 Å². The lowest BCUT2D eigenvalue weighted by Crippen LogP contribution is -2.60. The smallest absolute Gasteiger partial charge is 0.313 e. The molecule has 3 heterocycles. The van der Waals surface area contributed by atoms with E-state index in [1.807, 2.05) is 58.0 Å². The number of hydrogen-bond acceptors (Lipinski definition) is 7. The molecule has 2 bridgehead atoms. The van der Waals surface area contributed by atoms with Crippen LogP contribution in [0, 0.1) is 17.8 Å².